The van der Waals surface area contributed by atoms with E-state index in [9.17, 15) is 43.0 Å². The molecule has 10 rings (SSSR count). The van der Waals surface area contributed by atoms with E-state index in [2.05, 4.69) is 75.0 Å². The second-order valence-electron chi connectivity index (χ2n) is 19.2. The van der Waals surface area contributed by atoms with Crippen LogP contribution in [-0.2, 0) is 53.2 Å². The first-order chi connectivity index (χ1) is 43.3. The standard InChI is InChI=1S/C20H22N8O5.C14H19Cl2NO2.C9H11F2N3O4.C5H5N5S.C5H4N4S.Pt/c1-28(9-11-8-23-17-15(24-11)16(21)26-20(22)27-17)12-4-2-10(3-5-12)18(31)25-13(19(32)33)6-7-14(29)30;15-8-10-17(11-9-16)13-6-4-12(5-7-13)2-1-3-14(18)19;10-9(11)6(16)4(3-15)18-7(9)14-2-1-5(12)13-8(14)17;6-5-9-3-2(4(11)10-5)7-1-8-3;10-5-3-4(7-1-6-3)8-2-9-5;/h2-5,8,13H,6-7,9H2,1H3,(H,25,31)(H,29,30)(H,32,33)(H4,21,22,23,26,27);4-7H,1-3,8-11H2,(H,18,19);1-2,4,6-7,15-16H,3H2,(H2,12,13,17);1H,(H4,6,7,8,9,10,11);1-2H,(H2,6,7,8,9,10);/t13-;;4-,6-,7-;;;/m0.1.../s1. The number of aromatic nitrogens is 14. The Morgan fingerprint density at radius 2 is 1.42 bits per heavy atom. The summed E-state index contributed by atoms with van der Waals surface area (Å²) in [6, 6.07) is 14.5. The zero-order valence-electron chi connectivity index (χ0n) is 48.2. The van der Waals surface area contributed by atoms with Crippen LogP contribution in [0.5, 0.6) is 0 Å². The molecule has 0 spiro atoms. The maximum absolute atomic E-state index is 13.7. The van der Waals surface area contributed by atoms with Crippen LogP contribution in [0.15, 0.2) is 90.8 Å². The molecule has 0 aliphatic carbocycles. The van der Waals surface area contributed by atoms with Crippen molar-refractivity contribution in [1.29, 1.82) is 0 Å². The second-order valence-corrected chi connectivity index (χ2v) is 20.8. The van der Waals surface area contributed by atoms with Crippen molar-refractivity contribution in [3.8, 4) is 0 Å². The minimum atomic E-state index is -3.71. The number of carboxylic acids is 3. The molecule has 92 heavy (non-hydrogen) atoms. The van der Waals surface area contributed by atoms with E-state index >= 15 is 0 Å². The molecule has 1 amide bonds. The third kappa shape index (κ3) is 20.7. The van der Waals surface area contributed by atoms with Crippen LogP contribution in [0.4, 0.5) is 43.7 Å². The number of aliphatic hydroxyl groups is 2. The molecule has 8 heterocycles. The van der Waals surface area contributed by atoms with Crippen LogP contribution in [0.1, 0.15) is 53.5 Å². The maximum atomic E-state index is 13.7. The van der Waals surface area contributed by atoms with Gasteiger partial charge in [0.05, 0.1) is 44.0 Å². The van der Waals surface area contributed by atoms with Crippen molar-refractivity contribution in [3.05, 3.63) is 123 Å². The van der Waals surface area contributed by atoms with Crippen molar-refractivity contribution in [2.45, 2.75) is 69.0 Å². The van der Waals surface area contributed by atoms with Crippen molar-refractivity contribution in [2.24, 2.45) is 0 Å². The van der Waals surface area contributed by atoms with Crippen molar-refractivity contribution < 1.29 is 79.3 Å². The fourth-order valence-electron chi connectivity index (χ4n) is 8.29. The fourth-order valence-corrected chi connectivity index (χ4v) is 9.16. The number of nitrogens with two attached hydrogens (primary N) is 4. The Kier molecular flexibility index (Phi) is 28.0. The van der Waals surface area contributed by atoms with Gasteiger partial charge in [-0.05, 0) is 67.3 Å². The minimum absolute atomic E-state index is 0. The normalized spacial score (nSPS) is 14.7. The minimum Gasteiger partial charge on any atom is -0.481 e. The predicted molar refractivity (Wildman–Crippen MR) is 336 cm³/mol. The van der Waals surface area contributed by atoms with Crippen molar-refractivity contribution in [2.75, 3.05) is 71.2 Å². The number of hydrogen-bond acceptors (Lipinski definition) is 25. The summed E-state index contributed by atoms with van der Waals surface area (Å²) in [5, 5.41) is 46.9. The Morgan fingerprint density at radius 3 is 2.01 bits per heavy atom. The van der Waals surface area contributed by atoms with Crippen LogP contribution in [0.2, 0.25) is 0 Å². The molecular weight excluding hydrogens is 1470 g/mol. The van der Waals surface area contributed by atoms with E-state index in [1.54, 1.807) is 24.7 Å². The Bertz CT molecular complexity index is 4120. The third-order valence-electron chi connectivity index (χ3n) is 12.8. The van der Waals surface area contributed by atoms with Crippen molar-refractivity contribution >= 4 is 140 Å². The molecule has 1 saturated heterocycles. The van der Waals surface area contributed by atoms with E-state index < -0.39 is 66.5 Å². The molecule has 18 N–H and O–H groups in total. The number of carboxylic acid groups (broad SMARTS) is 3. The van der Waals surface area contributed by atoms with Crippen LogP contribution in [0.25, 0.3) is 33.5 Å². The van der Waals surface area contributed by atoms with Gasteiger partial charge in [0.25, 0.3) is 5.91 Å². The number of nitrogen functional groups attached to an aromatic ring is 4. The van der Waals surface area contributed by atoms with Crippen LogP contribution < -0.4 is 43.7 Å². The van der Waals surface area contributed by atoms with Gasteiger partial charge in [0.2, 0.25) is 18.1 Å². The third-order valence-corrected chi connectivity index (χ3v) is 13.8. The Balaban J connectivity index is 0.000000223. The summed E-state index contributed by atoms with van der Waals surface area (Å²) in [6.45, 7) is 1.12. The van der Waals surface area contributed by atoms with E-state index in [1.807, 2.05) is 36.2 Å². The van der Waals surface area contributed by atoms with Crippen LogP contribution in [-0.4, -0.2) is 181 Å². The number of anilines is 6. The van der Waals surface area contributed by atoms with Gasteiger partial charge in [0, 0.05) is 88.9 Å². The molecule has 1 aliphatic rings. The molecule has 0 bridgehead atoms. The van der Waals surface area contributed by atoms with E-state index in [-0.39, 0.29) is 69.4 Å². The molecule has 1 aliphatic heterocycles. The van der Waals surface area contributed by atoms with Crippen LogP contribution in [0, 0.1) is 9.28 Å². The number of hydrogen-bond donors (Lipinski definition) is 14. The first-order valence-electron chi connectivity index (χ1n) is 26.8. The maximum Gasteiger partial charge on any atom is 0.351 e. The van der Waals surface area contributed by atoms with Gasteiger partial charge in [-0.3, -0.25) is 19.0 Å². The Hall–Kier alpha value is -9.03. The number of carbonyl (C=O) groups is 4. The van der Waals surface area contributed by atoms with E-state index in [1.165, 1.54) is 24.8 Å². The fraction of sp³-hybridized carbons (Fsp3) is 0.321. The molecule has 39 heteroatoms. The molecule has 1 fully saturated rings. The van der Waals surface area contributed by atoms with Gasteiger partial charge in [0.1, 0.15) is 29.0 Å². The summed E-state index contributed by atoms with van der Waals surface area (Å²) in [5.41, 5.74) is 28.4. The number of carbonyl (C=O) groups excluding carboxylic acids is 1. The van der Waals surface area contributed by atoms with Crippen LogP contribution >= 0.6 is 47.6 Å². The molecule has 32 nitrogen and oxygen atoms in total. The SMILES string of the molecule is CN(Cc1cnc2nc(N)nc(N)c2n1)c1ccc(C(=O)N[C@@H](CCC(=O)O)C(=O)O)cc1.Nc1ccn([C@@H]2O[C@H](CO)[C@@H](O)C2(F)F)c(=O)n1.Nc1nc(=S)c2[nH]cnc2[nH]1.O=C(O)CCCc1ccc(N(CCCl)CCCl)cc1.S=c1nc[nH]c2nc[nH]c12.[Pt]. The zero-order chi connectivity index (χ0) is 66.5. The monoisotopic (exact) mass is 1530 g/mol. The summed E-state index contributed by atoms with van der Waals surface area (Å²) in [4.78, 5) is 107. The van der Waals surface area contributed by atoms with Gasteiger partial charge in [0.15, 0.2) is 43.7 Å². The van der Waals surface area contributed by atoms with Crippen molar-refractivity contribution in [1.82, 2.24) is 74.7 Å². The molecule has 4 atom stereocenters. The predicted octanol–water partition coefficient (Wildman–Crippen LogP) is 3.97. The van der Waals surface area contributed by atoms with Gasteiger partial charge in [-0.25, -0.2) is 39.5 Å². The average molecular weight is 1540 g/mol. The number of aliphatic hydroxyl groups excluding tert-OH is 2. The van der Waals surface area contributed by atoms with Crippen molar-refractivity contribution in [3.63, 3.8) is 0 Å². The van der Waals surface area contributed by atoms with Gasteiger partial charge in [-0.1, -0.05) is 36.6 Å². The number of H-pyrrole nitrogens is 4. The van der Waals surface area contributed by atoms with E-state index in [0.29, 0.717) is 66.6 Å². The zero-order valence-corrected chi connectivity index (χ0v) is 53.6. The molecule has 0 unspecified atom stereocenters. The summed E-state index contributed by atoms with van der Waals surface area (Å²) in [7, 11) is 1.82. The Labute approximate surface area is 553 Å². The molecule has 0 radical (unpaired) electrons. The van der Waals surface area contributed by atoms with Gasteiger partial charge in [-0.15, -0.1) is 23.2 Å². The van der Waals surface area contributed by atoms with Gasteiger partial charge >= 0.3 is 29.5 Å². The molecule has 494 valence electrons. The first kappa shape index (κ1) is 73.7. The summed E-state index contributed by atoms with van der Waals surface area (Å²) < 4.78 is 33.7. The molecule has 0 saturated carbocycles. The number of alkyl halides is 4. The number of aliphatic carboxylic acids is 3. The summed E-state index contributed by atoms with van der Waals surface area (Å²) in [6.07, 6.45) is 2.60. The van der Waals surface area contributed by atoms with E-state index in [0.717, 1.165) is 59.9 Å². The topological polar surface area (TPSA) is 502 Å². The number of imidazole rings is 2. The number of aryl methyl sites for hydroxylation is 1. The average Bonchev–Trinajstić information content (AvgIpc) is 1.60. The Morgan fingerprint density at radius 1 is 0.804 bits per heavy atom. The molecule has 7 aromatic heterocycles. The number of fused-ring (bicyclic) bond motifs is 3. The number of benzene rings is 2. The number of nitrogens with one attached hydrogen (secondary N) is 5. The summed E-state index contributed by atoms with van der Waals surface area (Å²) >= 11 is 21.4. The second kappa shape index (κ2) is 35.0. The molecule has 9 aromatic rings. The number of nitrogens with zero attached hydrogens (tertiary/aromatic N) is 12. The van der Waals surface area contributed by atoms with Gasteiger partial charge < -0.3 is 88.3 Å². The van der Waals surface area contributed by atoms with Gasteiger partial charge in [-0.2, -0.15) is 23.7 Å². The number of amides is 1. The largest absolute Gasteiger partial charge is 0.481 e. The van der Waals surface area contributed by atoms with Crippen LogP contribution in [0.3, 0.4) is 0 Å². The molecule has 2 aromatic carbocycles. The first-order valence-corrected chi connectivity index (χ1v) is 28.7. The number of halogens is 4. The number of ether oxygens (including phenoxy) is 1. The number of aromatic amines is 4. The van der Waals surface area contributed by atoms with E-state index in [4.69, 9.17) is 90.6 Å². The summed E-state index contributed by atoms with van der Waals surface area (Å²) in [5.74, 6) is -6.06. The number of rotatable bonds is 20. The molecular formula is C53H61Cl2F2N21O11PtS2. The smallest absolute Gasteiger partial charge is 0.351 e. The quantitative estimate of drug-likeness (QED) is 0.0379.